The number of hydrogen-bond donors (Lipinski definition) is 0. The van der Waals surface area contributed by atoms with Gasteiger partial charge < -0.3 is 4.74 Å². The molecule has 2 heterocycles. The first-order chi connectivity index (χ1) is 18.3. The molecule has 5 rings (SSSR count). The molecule has 6 nitrogen and oxygen atoms in total. The smallest absolute Gasteiger partial charge is 0.330 e. The number of carbonyl (C=O) groups is 1. The molecule has 0 spiro atoms. The first-order valence-corrected chi connectivity index (χ1v) is 13.9. The van der Waals surface area contributed by atoms with Crippen LogP contribution in [-0.2, 0) is 19.6 Å². The van der Waals surface area contributed by atoms with E-state index in [-0.39, 0.29) is 4.90 Å². The quantitative estimate of drug-likeness (QED) is 0.129. The van der Waals surface area contributed by atoms with E-state index in [2.05, 4.69) is 4.85 Å². The van der Waals surface area contributed by atoms with Crippen molar-refractivity contribution in [3.8, 4) is 22.4 Å². The minimum Gasteiger partial charge on any atom is -0.466 e. The lowest BCUT2D eigenvalue weighted by Gasteiger charge is -2.14. The normalized spacial score (nSPS) is 11.6. The van der Waals surface area contributed by atoms with Crippen LogP contribution >= 0.6 is 11.3 Å². The van der Waals surface area contributed by atoms with Gasteiger partial charge in [0.1, 0.15) is 0 Å². The number of ether oxygens (including phenoxy) is 1. The fraction of sp³-hybridized carbons (Fsp3) is 0.0667. The van der Waals surface area contributed by atoms with E-state index >= 15 is 0 Å². The van der Waals surface area contributed by atoms with Gasteiger partial charge in [-0.25, -0.2) is 22.0 Å². The van der Waals surface area contributed by atoms with Crippen molar-refractivity contribution in [2.24, 2.45) is 0 Å². The molecule has 0 radical (unpaired) electrons. The highest BCUT2D eigenvalue weighted by Crippen LogP contribution is 2.47. The summed E-state index contributed by atoms with van der Waals surface area (Å²) in [6, 6.07) is 23.2. The largest absolute Gasteiger partial charge is 0.466 e. The van der Waals surface area contributed by atoms with Crippen LogP contribution in [0.25, 0.3) is 44.2 Å². The molecule has 188 valence electrons. The van der Waals surface area contributed by atoms with Crippen LogP contribution in [0.3, 0.4) is 0 Å². The second-order valence-corrected chi connectivity index (χ2v) is 11.2. The molecule has 0 saturated carbocycles. The Bertz CT molecular complexity index is 1850. The Morgan fingerprint density at radius 2 is 1.79 bits per heavy atom. The summed E-state index contributed by atoms with van der Waals surface area (Å²) in [7, 11) is -2.74. The van der Waals surface area contributed by atoms with E-state index in [0.717, 1.165) is 10.9 Å². The van der Waals surface area contributed by atoms with Gasteiger partial charge in [-0.3, -0.25) is 0 Å². The van der Waals surface area contributed by atoms with Gasteiger partial charge in [-0.2, -0.15) is 11.3 Å². The molecule has 0 unspecified atom stereocenters. The van der Waals surface area contributed by atoms with Crippen molar-refractivity contribution < 1.29 is 17.9 Å². The number of aryl methyl sites for hydroxylation is 1. The van der Waals surface area contributed by atoms with Crippen molar-refractivity contribution >= 4 is 49.3 Å². The first kappa shape index (κ1) is 25.2. The Morgan fingerprint density at radius 3 is 2.53 bits per heavy atom. The number of benzene rings is 3. The highest BCUT2D eigenvalue weighted by Gasteiger charge is 2.29. The number of carbonyl (C=O) groups excluding carboxylic acids is 1. The van der Waals surface area contributed by atoms with Crippen molar-refractivity contribution in [3.63, 3.8) is 0 Å². The summed E-state index contributed by atoms with van der Waals surface area (Å²) in [5, 5.41) is 3.03. The van der Waals surface area contributed by atoms with E-state index in [9.17, 15) is 13.2 Å². The number of methoxy groups -OCH3 is 1. The van der Waals surface area contributed by atoms with Crippen LogP contribution in [0.1, 0.15) is 11.1 Å². The van der Waals surface area contributed by atoms with Crippen molar-refractivity contribution in [2.75, 3.05) is 7.11 Å². The number of aromatic nitrogens is 1. The van der Waals surface area contributed by atoms with Gasteiger partial charge in [0.2, 0.25) is 5.00 Å². The minimum absolute atomic E-state index is 0.161. The third kappa shape index (κ3) is 4.43. The molecule has 0 N–H and O–H groups in total. The van der Waals surface area contributed by atoms with E-state index in [1.165, 1.54) is 28.5 Å². The van der Waals surface area contributed by atoms with Gasteiger partial charge in [-0.05, 0) is 48.2 Å². The Morgan fingerprint density at radius 1 is 1.03 bits per heavy atom. The molecule has 0 bridgehead atoms. The molecule has 0 saturated heterocycles. The van der Waals surface area contributed by atoms with Crippen molar-refractivity contribution in [1.82, 2.24) is 3.97 Å². The molecule has 38 heavy (non-hydrogen) atoms. The van der Waals surface area contributed by atoms with Crippen LogP contribution in [-0.4, -0.2) is 25.5 Å². The fourth-order valence-electron chi connectivity index (χ4n) is 4.41. The van der Waals surface area contributed by atoms with Crippen LogP contribution in [0.4, 0.5) is 5.00 Å². The lowest BCUT2D eigenvalue weighted by Crippen LogP contribution is -2.14. The van der Waals surface area contributed by atoms with Gasteiger partial charge in [-0.15, -0.1) is 0 Å². The van der Waals surface area contributed by atoms with E-state index in [1.807, 2.05) is 48.7 Å². The predicted molar refractivity (Wildman–Crippen MR) is 152 cm³/mol. The van der Waals surface area contributed by atoms with Gasteiger partial charge in [0.15, 0.2) is 0 Å². The molecule has 3 aromatic carbocycles. The molecule has 0 atom stereocenters. The molecule has 5 aromatic rings. The molecule has 0 amide bonds. The summed E-state index contributed by atoms with van der Waals surface area (Å²) in [6.45, 7) is 9.63. The van der Waals surface area contributed by atoms with Crippen LogP contribution in [0.2, 0.25) is 0 Å². The average Bonchev–Trinajstić information content (AvgIpc) is 3.54. The van der Waals surface area contributed by atoms with Crippen molar-refractivity contribution in [3.05, 3.63) is 113 Å². The van der Waals surface area contributed by atoms with E-state index in [4.69, 9.17) is 11.3 Å². The molecule has 0 aliphatic carbocycles. The maximum Gasteiger partial charge on any atom is 0.330 e. The average molecular weight is 539 g/mol. The molecule has 0 aliphatic heterocycles. The van der Waals surface area contributed by atoms with E-state index in [0.29, 0.717) is 38.5 Å². The zero-order valence-electron chi connectivity index (χ0n) is 20.6. The first-order valence-electron chi connectivity index (χ1n) is 11.6. The number of thiophene rings is 1. The number of esters is 1. The summed E-state index contributed by atoms with van der Waals surface area (Å²) in [5.74, 6) is -0.493. The van der Waals surface area contributed by atoms with Crippen LogP contribution in [0.5, 0.6) is 0 Å². The van der Waals surface area contributed by atoms with E-state index in [1.54, 1.807) is 48.5 Å². The van der Waals surface area contributed by atoms with Crippen LogP contribution < -0.4 is 0 Å². The van der Waals surface area contributed by atoms with Crippen LogP contribution in [0.15, 0.2) is 95.2 Å². The molecular formula is C30H22N2O4S2. The molecule has 0 aliphatic rings. The number of rotatable bonds is 6. The zero-order chi connectivity index (χ0) is 26.9. The second kappa shape index (κ2) is 10.1. The second-order valence-electron chi connectivity index (χ2n) is 8.56. The summed E-state index contributed by atoms with van der Waals surface area (Å²) < 4.78 is 34.6. The third-order valence-corrected chi connectivity index (χ3v) is 8.71. The highest BCUT2D eigenvalue weighted by atomic mass is 32.2. The Balaban J connectivity index is 1.89. The monoisotopic (exact) mass is 538 g/mol. The number of fused-ring (bicyclic) bond motifs is 1. The molecule has 0 fully saturated rings. The van der Waals surface area contributed by atoms with Gasteiger partial charge in [0.05, 0.1) is 29.8 Å². The highest BCUT2D eigenvalue weighted by molar-refractivity contribution is 7.90. The van der Waals surface area contributed by atoms with Crippen LogP contribution in [0, 0.1) is 13.5 Å². The lowest BCUT2D eigenvalue weighted by molar-refractivity contribution is -0.134. The Hall–Kier alpha value is -4.45. The summed E-state index contributed by atoms with van der Waals surface area (Å²) >= 11 is 1.31. The predicted octanol–water partition coefficient (Wildman–Crippen LogP) is 7.32. The van der Waals surface area contributed by atoms with Crippen molar-refractivity contribution in [1.29, 1.82) is 0 Å². The summed E-state index contributed by atoms with van der Waals surface area (Å²) in [4.78, 5) is 15.6. The van der Waals surface area contributed by atoms with Gasteiger partial charge in [-0.1, -0.05) is 60.2 Å². The van der Waals surface area contributed by atoms with E-state index < -0.39 is 16.0 Å². The molecule has 8 heteroatoms. The lowest BCUT2D eigenvalue weighted by atomic mass is 9.99. The topological polar surface area (TPSA) is 69.7 Å². The molecular weight excluding hydrogens is 516 g/mol. The number of nitrogens with zero attached hydrogens (tertiary/aromatic N) is 2. The minimum atomic E-state index is -4.04. The number of para-hydroxylation sites is 1. The SMILES string of the molecule is [C-]#[N+]c1sccc1-c1c(-c2cccc(/C=C/C(=O)OC)c2)n(S(=O)(=O)c2ccc(C)cc2)c2ccccc12. The summed E-state index contributed by atoms with van der Waals surface area (Å²) in [5.41, 5.74) is 4.56. The fourth-order valence-corrected chi connectivity index (χ4v) is 6.64. The Kier molecular flexibility index (Phi) is 6.72. The maximum absolute atomic E-state index is 14.3. The zero-order valence-corrected chi connectivity index (χ0v) is 22.2. The standard InChI is InChI=1S/C30H22N2O4S2/c1-20-11-14-23(15-12-20)38(34,35)32-26-10-5-4-9-24(26)28(25-17-18-37-30(25)31-2)29(32)22-8-6-7-21(19-22)13-16-27(33)36-3/h4-19H,1,3H3/b16-13+. The van der Waals surface area contributed by atoms with Gasteiger partial charge in [0, 0.05) is 28.2 Å². The third-order valence-electron chi connectivity index (χ3n) is 6.18. The molecule has 2 aromatic heterocycles. The summed E-state index contributed by atoms with van der Waals surface area (Å²) in [6.07, 6.45) is 2.93. The van der Waals surface area contributed by atoms with Crippen molar-refractivity contribution in [2.45, 2.75) is 11.8 Å². The maximum atomic E-state index is 14.3. The van der Waals surface area contributed by atoms with Gasteiger partial charge in [0.25, 0.3) is 10.0 Å². The number of hydrogen-bond acceptors (Lipinski definition) is 5. The van der Waals surface area contributed by atoms with Gasteiger partial charge >= 0.3 is 5.97 Å². The Labute approximate surface area is 224 Å².